The van der Waals surface area contributed by atoms with Gasteiger partial charge >= 0.3 is 12.0 Å². The standard InChI is InChI=1S/C13H23N3O4/c1-10(2)7-16(9-12(18)19)13(20)15-6-4-5-14(3)11(17)8-15/h10H,4-9H2,1-3H3,(H,18,19). The Hall–Kier alpha value is -1.79. The molecule has 0 spiro atoms. The highest BCUT2D eigenvalue weighted by atomic mass is 16.4. The van der Waals surface area contributed by atoms with Crippen LogP contribution in [0.1, 0.15) is 20.3 Å². The molecule has 114 valence electrons. The van der Waals surface area contributed by atoms with Crippen LogP contribution in [-0.2, 0) is 9.59 Å². The molecule has 1 aliphatic rings. The van der Waals surface area contributed by atoms with E-state index < -0.39 is 5.97 Å². The van der Waals surface area contributed by atoms with Gasteiger partial charge in [-0.25, -0.2) is 4.79 Å². The Morgan fingerprint density at radius 2 is 2.00 bits per heavy atom. The van der Waals surface area contributed by atoms with Crippen LogP contribution < -0.4 is 0 Å². The lowest BCUT2D eigenvalue weighted by molar-refractivity contribution is -0.137. The van der Waals surface area contributed by atoms with Crippen molar-refractivity contribution in [2.75, 3.05) is 39.8 Å². The molecular formula is C13H23N3O4. The molecule has 0 unspecified atom stereocenters. The van der Waals surface area contributed by atoms with Crippen LogP contribution in [0.5, 0.6) is 0 Å². The predicted octanol–water partition coefficient (Wildman–Crippen LogP) is 0.313. The zero-order valence-electron chi connectivity index (χ0n) is 12.3. The summed E-state index contributed by atoms with van der Waals surface area (Å²) in [5.74, 6) is -0.989. The molecule has 1 heterocycles. The van der Waals surface area contributed by atoms with Crippen molar-refractivity contribution < 1.29 is 19.5 Å². The highest BCUT2D eigenvalue weighted by Crippen LogP contribution is 2.08. The number of carboxylic acid groups (broad SMARTS) is 1. The lowest BCUT2D eigenvalue weighted by Crippen LogP contribution is -2.48. The number of urea groups is 1. The Bertz CT molecular complexity index is 384. The molecule has 0 atom stereocenters. The molecule has 1 aliphatic heterocycles. The molecule has 0 saturated carbocycles. The number of carbonyl (C=O) groups is 3. The topological polar surface area (TPSA) is 81.2 Å². The van der Waals surface area contributed by atoms with Crippen LogP contribution in [0.4, 0.5) is 4.79 Å². The van der Waals surface area contributed by atoms with Crippen molar-refractivity contribution in [1.82, 2.24) is 14.7 Å². The summed E-state index contributed by atoms with van der Waals surface area (Å²) < 4.78 is 0. The summed E-state index contributed by atoms with van der Waals surface area (Å²) in [6.45, 7) is 4.98. The normalized spacial score (nSPS) is 16.3. The monoisotopic (exact) mass is 285 g/mol. The van der Waals surface area contributed by atoms with Gasteiger partial charge in [0.1, 0.15) is 13.1 Å². The molecule has 1 fully saturated rings. The lowest BCUT2D eigenvalue weighted by Gasteiger charge is -2.29. The number of rotatable bonds is 4. The van der Waals surface area contributed by atoms with Gasteiger partial charge in [0, 0.05) is 26.7 Å². The number of amides is 3. The second kappa shape index (κ2) is 7.12. The fourth-order valence-electron chi connectivity index (χ4n) is 2.16. The van der Waals surface area contributed by atoms with E-state index in [0.717, 1.165) is 0 Å². The Labute approximate surface area is 119 Å². The van der Waals surface area contributed by atoms with Crippen LogP contribution in [0.25, 0.3) is 0 Å². The van der Waals surface area contributed by atoms with E-state index in [4.69, 9.17) is 5.11 Å². The third kappa shape index (κ3) is 4.71. The predicted molar refractivity (Wildman–Crippen MR) is 73.3 cm³/mol. The second-order valence-electron chi connectivity index (χ2n) is 5.54. The average molecular weight is 285 g/mol. The largest absolute Gasteiger partial charge is 0.480 e. The van der Waals surface area contributed by atoms with E-state index in [1.807, 2.05) is 13.8 Å². The summed E-state index contributed by atoms with van der Waals surface area (Å²) in [6.07, 6.45) is 0.705. The van der Waals surface area contributed by atoms with Crippen molar-refractivity contribution in [3.05, 3.63) is 0 Å². The van der Waals surface area contributed by atoms with Gasteiger partial charge in [0.2, 0.25) is 5.91 Å². The van der Waals surface area contributed by atoms with Gasteiger partial charge in [-0.1, -0.05) is 13.8 Å². The van der Waals surface area contributed by atoms with Gasteiger partial charge in [0.15, 0.2) is 0 Å². The summed E-state index contributed by atoms with van der Waals surface area (Å²) in [4.78, 5) is 39.4. The number of nitrogens with zero attached hydrogens (tertiary/aromatic N) is 3. The SMILES string of the molecule is CC(C)CN(CC(=O)O)C(=O)N1CCCN(C)C(=O)C1. The first-order chi connectivity index (χ1) is 9.31. The third-order valence-electron chi connectivity index (χ3n) is 3.13. The smallest absolute Gasteiger partial charge is 0.323 e. The highest BCUT2D eigenvalue weighted by Gasteiger charge is 2.27. The van der Waals surface area contributed by atoms with E-state index in [-0.39, 0.29) is 30.9 Å². The zero-order chi connectivity index (χ0) is 15.3. The first-order valence-electron chi connectivity index (χ1n) is 6.81. The molecule has 1 saturated heterocycles. The Kier molecular flexibility index (Phi) is 5.79. The molecule has 7 heteroatoms. The van der Waals surface area contributed by atoms with Crippen molar-refractivity contribution in [2.45, 2.75) is 20.3 Å². The maximum absolute atomic E-state index is 12.4. The summed E-state index contributed by atoms with van der Waals surface area (Å²) in [6, 6.07) is -0.371. The summed E-state index contributed by atoms with van der Waals surface area (Å²) in [5.41, 5.74) is 0. The Balaban J connectivity index is 2.76. The van der Waals surface area contributed by atoms with Gasteiger partial charge in [-0.15, -0.1) is 0 Å². The fourth-order valence-corrected chi connectivity index (χ4v) is 2.16. The molecule has 20 heavy (non-hydrogen) atoms. The number of carboxylic acids is 1. The molecule has 0 aliphatic carbocycles. The molecule has 0 radical (unpaired) electrons. The van der Waals surface area contributed by atoms with Crippen molar-refractivity contribution in [1.29, 1.82) is 0 Å². The summed E-state index contributed by atoms with van der Waals surface area (Å²) in [7, 11) is 1.71. The van der Waals surface area contributed by atoms with Gasteiger partial charge in [-0.3, -0.25) is 9.59 Å². The number of hydrogen-bond donors (Lipinski definition) is 1. The van der Waals surface area contributed by atoms with Gasteiger partial charge in [-0.05, 0) is 12.3 Å². The molecule has 0 aromatic carbocycles. The van der Waals surface area contributed by atoms with Gasteiger partial charge in [-0.2, -0.15) is 0 Å². The molecule has 1 N–H and O–H groups in total. The van der Waals surface area contributed by atoms with Crippen LogP contribution in [0.3, 0.4) is 0 Å². The van der Waals surface area contributed by atoms with E-state index in [9.17, 15) is 14.4 Å². The first kappa shape index (κ1) is 16.3. The molecule has 3 amide bonds. The molecule has 1 rings (SSSR count). The maximum atomic E-state index is 12.4. The number of aliphatic carboxylic acids is 1. The average Bonchev–Trinajstić information content (AvgIpc) is 2.49. The maximum Gasteiger partial charge on any atom is 0.323 e. The summed E-state index contributed by atoms with van der Waals surface area (Å²) in [5, 5.41) is 8.91. The van der Waals surface area contributed by atoms with Gasteiger partial charge < -0.3 is 19.8 Å². The second-order valence-corrected chi connectivity index (χ2v) is 5.54. The molecular weight excluding hydrogens is 262 g/mol. The van der Waals surface area contributed by atoms with Crippen molar-refractivity contribution >= 4 is 17.9 Å². The van der Waals surface area contributed by atoms with E-state index in [1.54, 1.807) is 11.9 Å². The summed E-state index contributed by atoms with van der Waals surface area (Å²) >= 11 is 0. The van der Waals surface area contributed by atoms with Gasteiger partial charge in [0.05, 0.1) is 0 Å². The Morgan fingerprint density at radius 3 is 2.55 bits per heavy atom. The van der Waals surface area contributed by atoms with Crippen LogP contribution >= 0.6 is 0 Å². The van der Waals surface area contributed by atoms with Crippen LogP contribution in [-0.4, -0.2) is 77.5 Å². The third-order valence-corrected chi connectivity index (χ3v) is 3.13. The number of carbonyl (C=O) groups excluding carboxylic acids is 2. The number of hydrogen-bond acceptors (Lipinski definition) is 3. The van der Waals surface area contributed by atoms with Crippen molar-refractivity contribution in [3.8, 4) is 0 Å². The molecule has 0 aromatic rings. The minimum Gasteiger partial charge on any atom is -0.480 e. The molecule has 7 nitrogen and oxygen atoms in total. The molecule has 0 aromatic heterocycles. The minimum atomic E-state index is -1.04. The van der Waals surface area contributed by atoms with Gasteiger partial charge in [0.25, 0.3) is 0 Å². The lowest BCUT2D eigenvalue weighted by atomic mass is 10.2. The highest BCUT2D eigenvalue weighted by molar-refractivity contribution is 5.86. The van der Waals surface area contributed by atoms with Crippen LogP contribution in [0.15, 0.2) is 0 Å². The van der Waals surface area contributed by atoms with E-state index in [1.165, 1.54) is 9.80 Å². The van der Waals surface area contributed by atoms with Crippen LogP contribution in [0, 0.1) is 5.92 Å². The van der Waals surface area contributed by atoms with E-state index in [2.05, 4.69) is 0 Å². The molecule has 0 bridgehead atoms. The van der Waals surface area contributed by atoms with Crippen LogP contribution in [0.2, 0.25) is 0 Å². The number of likely N-dealkylation sites (N-methyl/N-ethyl adjacent to an activating group) is 1. The van der Waals surface area contributed by atoms with Crippen molar-refractivity contribution in [3.63, 3.8) is 0 Å². The first-order valence-corrected chi connectivity index (χ1v) is 6.81. The minimum absolute atomic E-state index is 0.0174. The zero-order valence-corrected chi connectivity index (χ0v) is 12.3. The van der Waals surface area contributed by atoms with E-state index in [0.29, 0.717) is 26.1 Å². The fraction of sp³-hybridized carbons (Fsp3) is 0.769. The van der Waals surface area contributed by atoms with Crippen molar-refractivity contribution in [2.24, 2.45) is 5.92 Å². The quantitative estimate of drug-likeness (QED) is 0.806. The Morgan fingerprint density at radius 1 is 1.35 bits per heavy atom. The van der Waals surface area contributed by atoms with E-state index >= 15 is 0 Å².